The number of halogens is 1. The van der Waals surface area contributed by atoms with Gasteiger partial charge in [0.05, 0.1) is 10.8 Å². The Morgan fingerprint density at radius 1 is 1.12 bits per heavy atom. The fraction of sp³-hybridized carbons (Fsp3) is 0.190. The van der Waals surface area contributed by atoms with E-state index in [0.717, 1.165) is 10.7 Å². The van der Waals surface area contributed by atoms with E-state index >= 15 is 0 Å². The number of amides is 1. The maximum Gasteiger partial charge on any atom is 0.236 e. The van der Waals surface area contributed by atoms with Crippen molar-refractivity contribution in [2.45, 2.75) is 25.1 Å². The van der Waals surface area contributed by atoms with Gasteiger partial charge in [-0.1, -0.05) is 65.0 Å². The van der Waals surface area contributed by atoms with Gasteiger partial charge in [0, 0.05) is 5.69 Å². The summed E-state index contributed by atoms with van der Waals surface area (Å²) in [5, 5.41) is 21.6. The van der Waals surface area contributed by atoms with Crippen molar-refractivity contribution in [3.63, 3.8) is 0 Å². The highest BCUT2D eigenvalue weighted by atomic mass is 35.5. The first kappa shape index (κ1) is 22.3. The lowest BCUT2D eigenvalue weighted by Crippen LogP contribution is -2.15. The van der Waals surface area contributed by atoms with E-state index in [-0.39, 0.29) is 11.7 Å². The highest BCUT2D eigenvalue weighted by molar-refractivity contribution is 7.99. The van der Waals surface area contributed by atoms with Crippen molar-refractivity contribution < 1.29 is 9.53 Å². The quantitative estimate of drug-likeness (QED) is 0.352. The highest BCUT2D eigenvalue weighted by Crippen LogP contribution is 2.31. The molecule has 4 aromatic rings. The van der Waals surface area contributed by atoms with E-state index in [4.69, 9.17) is 16.3 Å². The Bertz CT molecular complexity index is 1210. The predicted molar refractivity (Wildman–Crippen MR) is 126 cm³/mol. The van der Waals surface area contributed by atoms with Crippen molar-refractivity contribution in [3.8, 4) is 11.4 Å². The highest BCUT2D eigenvalue weighted by Gasteiger charge is 2.22. The summed E-state index contributed by atoms with van der Waals surface area (Å²) in [5.41, 5.74) is 0.866. The van der Waals surface area contributed by atoms with Crippen molar-refractivity contribution in [1.82, 2.24) is 25.0 Å². The van der Waals surface area contributed by atoms with E-state index in [1.165, 1.54) is 23.1 Å². The summed E-state index contributed by atoms with van der Waals surface area (Å²) in [5.74, 6) is 1.10. The van der Waals surface area contributed by atoms with Gasteiger partial charge in [0.2, 0.25) is 11.0 Å². The number of thioether (sulfide) groups is 1. The number of ether oxygens (including phenoxy) is 1. The monoisotopic (exact) mass is 486 g/mol. The van der Waals surface area contributed by atoms with E-state index in [9.17, 15) is 4.79 Å². The zero-order valence-corrected chi connectivity index (χ0v) is 19.6. The van der Waals surface area contributed by atoms with Gasteiger partial charge in [-0.15, -0.1) is 20.4 Å². The lowest BCUT2D eigenvalue weighted by Gasteiger charge is -2.17. The Morgan fingerprint density at radius 3 is 2.59 bits per heavy atom. The van der Waals surface area contributed by atoms with Gasteiger partial charge in [-0.25, -0.2) is 0 Å². The standard InChI is InChI=1S/C21H19ClN6O2S2/c1-13(30-17-11-7-6-10-16(17)22)19-25-27-21(28(19)15-8-4-3-5-9-15)31-12-18(29)23-20-26-24-14(2)32-20/h3-11,13H,12H2,1-2H3,(H,23,26,29). The van der Waals surface area contributed by atoms with Gasteiger partial charge in [-0.3, -0.25) is 14.7 Å². The van der Waals surface area contributed by atoms with Crippen molar-refractivity contribution in [2.24, 2.45) is 0 Å². The van der Waals surface area contributed by atoms with E-state index in [1.54, 1.807) is 12.1 Å². The van der Waals surface area contributed by atoms with Gasteiger partial charge >= 0.3 is 0 Å². The largest absolute Gasteiger partial charge is 0.481 e. The molecule has 0 fully saturated rings. The minimum absolute atomic E-state index is 0.142. The Balaban J connectivity index is 1.55. The number of hydrogen-bond donors (Lipinski definition) is 1. The molecule has 0 aliphatic rings. The molecule has 0 radical (unpaired) electrons. The molecule has 0 saturated carbocycles. The number of anilines is 1. The fourth-order valence-electron chi connectivity index (χ4n) is 2.87. The molecule has 2 aromatic carbocycles. The number of aromatic nitrogens is 5. The van der Waals surface area contributed by atoms with E-state index in [2.05, 4.69) is 25.7 Å². The smallest absolute Gasteiger partial charge is 0.236 e. The fourth-order valence-corrected chi connectivity index (χ4v) is 4.42. The Hall–Kier alpha value is -2.95. The maximum atomic E-state index is 12.4. The molecular formula is C21H19ClN6O2S2. The molecule has 1 atom stereocenters. The summed E-state index contributed by atoms with van der Waals surface area (Å²) in [7, 11) is 0. The van der Waals surface area contributed by atoms with Gasteiger partial charge in [0.1, 0.15) is 10.8 Å². The lowest BCUT2D eigenvalue weighted by atomic mass is 10.3. The molecule has 1 unspecified atom stereocenters. The number of carbonyl (C=O) groups excluding carboxylic acids is 1. The van der Waals surface area contributed by atoms with Crippen LogP contribution in [-0.2, 0) is 4.79 Å². The van der Waals surface area contributed by atoms with Gasteiger partial charge in [0.15, 0.2) is 17.1 Å². The molecule has 32 heavy (non-hydrogen) atoms. The molecule has 2 aromatic heterocycles. The second kappa shape index (κ2) is 10.1. The van der Waals surface area contributed by atoms with Crippen molar-refractivity contribution in [3.05, 3.63) is 70.5 Å². The molecule has 0 aliphatic carbocycles. The van der Waals surface area contributed by atoms with Crippen LogP contribution in [-0.4, -0.2) is 36.6 Å². The minimum atomic E-state index is -0.435. The molecule has 8 nitrogen and oxygen atoms in total. The topological polar surface area (TPSA) is 94.8 Å². The number of nitrogens with zero attached hydrogens (tertiary/aromatic N) is 5. The van der Waals surface area contributed by atoms with Crippen LogP contribution < -0.4 is 10.1 Å². The summed E-state index contributed by atoms with van der Waals surface area (Å²) in [6, 6.07) is 17.0. The maximum absolute atomic E-state index is 12.4. The molecular weight excluding hydrogens is 468 g/mol. The zero-order chi connectivity index (χ0) is 22.5. The van der Waals surface area contributed by atoms with Crippen molar-refractivity contribution in [2.75, 3.05) is 11.1 Å². The van der Waals surface area contributed by atoms with Crippen LogP contribution in [0.4, 0.5) is 5.13 Å². The average molecular weight is 487 g/mol. The third-order valence-electron chi connectivity index (χ3n) is 4.28. The van der Waals surface area contributed by atoms with Crippen LogP contribution in [0.3, 0.4) is 0 Å². The summed E-state index contributed by atoms with van der Waals surface area (Å²) in [6.45, 7) is 3.71. The summed E-state index contributed by atoms with van der Waals surface area (Å²) < 4.78 is 7.94. The van der Waals surface area contributed by atoms with E-state index in [1.807, 2.05) is 60.9 Å². The van der Waals surface area contributed by atoms with Gasteiger partial charge < -0.3 is 4.74 Å². The van der Waals surface area contributed by atoms with Crippen molar-refractivity contribution >= 4 is 45.7 Å². The Labute approximate surface area is 198 Å². The summed E-state index contributed by atoms with van der Waals surface area (Å²) in [6.07, 6.45) is -0.435. The van der Waals surface area contributed by atoms with Crippen LogP contribution in [0, 0.1) is 6.92 Å². The number of hydrogen-bond acceptors (Lipinski definition) is 8. The number of rotatable bonds is 8. The van der Waals surface area contributed by atoms with Crippen LogP contribution >= 0.6 is 34.7 Å². The normalized spacial score (nSPS) is 11.8. The average Bonchev–Trinajstić information content (AvgIpc) is 3.40. The third-order valence-corrected chi connectivity index (χ3v) is 6.28. The minimum Gasteiger partial charge on any atom is -0.481 e. The summed E-state index contributed by atoms with van der Waals surface area (Å²) >= 11 is 8.84. The Morgan fingerprint density at radius 2 is 1.88 bits per heavy atom. The first-order valence-electron chi connectivity index (χ1n) is 9.66. The van der Waals surface area contributed by atoms with Crippen LogP contribution in [0.5, 0.6) is 5.75 Å². The molecule has 2 heterocycles. The second-order valence-electron chi connectivity index (χ2n) is 6.67. The molecule has 0 bridgehead atoms. The van der Waals surface area contributed by atoms with E-state index < -0.39 is 6.10 Å². The molecule has 164 valence electrons. The molecule has 11 heteroatoms. The molecule has 1 N–H and O–H groups in total. The first-order chi connectivity index (χ1) is 15.5. The zero-order valence-electron chi connectivity index (χ0n) is 17.2. The SMILES string of the molecule is Cc1nnc(NC(=O)CSc2nnc(C(C)Oc3ccccc3Cl)n2-c2ccccc2)s1. The number of carbonyl (C=O) groups is 1. The Kier molecular flexibility index (Phi) is 7.03. The molecule has 0 saturated heterocycles. The number of para-hydroxylation sites is 2. The molecule has 0 aliphatic heterocycles. The molecule has 1 amide bonds. The number of benzene rings is 2. The van der Waals surface area contributed by atoms with Crippen LogP contribution in [0.25, 0.3) is 5.69 Å². The van der Waals surface area contributed by atoms with Gasteiger partial charge in [0.25, 0.3) is 0 Å². The third kappa shape index (κ3) is 5.26. The predicted octanol–water partition coefficient (Wildman–Crippen LogP) is 4.95. The van der Waals surface area contributed by atoms with Gasteiger partial charge in [-0.2, -0.15) is 0 Å². The number of aryl methyl sites for hydroxylation is 1. The van der Waals surface area contributed by atoms with E-state index in [0.29, 0.717) is 26.9 Å². The summed E-state index contributed by atoms with van der Waals surface area (Å²) in [4.78, 5) is 12.4. The van der Waals surface area contributed by atoms with Crippen LogP contribution in [0.1, 0.15) is 23.9 Å². The molecule has 0 spiro atoms. The van der Waals surface area contributed by atoms with Crippen molar-refractivity contribution in [1.29, 1.82) is 0 Å². The lowest BCUT2D eigenvalue weighted by molar-refractivity contribution is -0.113. The second-order valence-corrected chi connectivity index (χ2v) is 9.20. The van der Waals surface area contributed by atoms with Crippen LogP contribution in [0.2, 0.25) is 5.02 Å². The first-order valence-corrected chi connectivity index (χ1v) is 11.8. The van der Waals surface area contributed by atoms with Gasteiger partial charge in [-0.05, 0) is 38.1 Å². The number of nitrogens with one attached hydrogen (secondary N) is 1. The molecule has 4 rings (SSSR count). The van der Waals surface area contributed by atoms with Crippen LogP contribution in [0.15, 0.2) is 59.8 Å².